The molecule has 122 valence electrons. The molecule has 0 aliphatic carbocycles. The molecule has 0 saturated carbocycles. The molecule has 4 nitrogen and oxygen atoms in total. The second-order valence-corrected chi connectivity index (χ2v) is 6.24. The van der Waals surface area contributed by atoms with Gasteiger partial charge in [0, 0.05) is 50.3 Å². The predicted octanol–water partition coefficient (Wildman–Crippen LogP) is 1.81. The number of carbonyl (C=O) groups excluding carboxylic acids is 1. The molecule has 22 heavy (non-hydrogen) atoms. The lowest BCUT2D eigenvalue weighted by Crippen LogP contribution is -2.49. The predicted molar refractivity (Wildman–Crippen MR) is 91.8 cm³/mol. The highest BCUT2D eigenvalue weighted by atomic mass is 35.5. The maximum atomic E-state index is 12.4. The number of halogens is 2. The molecule has 0 spiro atoms. The Bertz CT molecular complexity index is 506. The van der Waals surface area contributed by atoms with Crippen LogP contribution in [-0.4, -0.2) is 61.0 Å². The monoisotopic (exact) mass is 343 g/mol. The molecule has 1 aromatic carbocycles. The lowest BCUT2D eigenvalue weighted by molar-refractivity contribution is -0.129. The molecule has 0 radical (unpaired) electrons. The first kappa shape index (κ1) is 17.5. The summed E-state index contributed by atoms with van der Waals surface area (Å²) in [6, 6.07) is 8.14. The molecular formula is C16H23Cl2N3O. The summed E-state index contributed by atoms with van der Waals surface area (Å²) in [5, 5.41) is 4.06. The fraction of sp³-hybridized carbons (Fsp3) is 0.562. The van der Waals surface area contributed by atoms with E-state index in [1.165, 1.54) is 0 Å². The Balaban J connectivity index is 0.00000176. The molecule has 6 heteroatoms. The van der Waals surface area contributed by atoms with Gasteiger partial charge in [-0.25, -0.2) is 0 Å². The van der Waals surface area contributed by atoms with Crippen LogP contribution in [0.15, 0.2) is 24.3 Å². The fourth-order valence-corrected chi connectivity index (χ4v) is 3.43. The molecule has 1 aromatic rings. The summed E-state index contributed by atoms with van der Waals surface area (Å²) in [6.45, 7) is 6.05. The molecule has 1 amide bonds. The third-order valence-corrected chi connectivity index (χ3v) is 4.85. The number of carbonyl (C=O) groups is 1. The van der Waals surface area contributed by atoms with E-state index >= 15 is 0 Å². The Kier molecular flexibility index (Phi) is 6.50. The molecule has 1 unspecified atom stereocenters. The van der Waals surface area contributed by atoms with Gasteiger partial charge in [0.25, 0.3) is 0 Å². The van der Waals surface area contributed by atoms with Crippen LogP contribution in [-0.2, 0) is 11.2 Å². The second kappa shape index (κ2) is 8.16. The average Bonchev–Trinajstić information content (AvgIpc) is 3.00. The Morgan fingerprint density at radius 1 is 1.23 bits per heavy atom. The van der Waals surface area contributed by atoms with Crippen molar-refractivity contribution < 1.29 is 4.79 Å². The first-order chi connectivity index (χ1) is 10.2. The van der Waals surface area contributed by atoms with E-state index in [2.05, 4.69) is 10.2 Å². The number of benzene rings is 1. The quantitative estimate of drug-likeness (QED) is 0.909. The summed E-state index contributed by atoms with van der Waals surface area (Å²) in [6.07, 6.45) is 1.50. The van der Waals surface area contributed by atoms with Crippen molar-refractivity contribution in [1.29, 1.82) is 0 Å². The Labute approximate surface area is 143 Å². The van der Waals surface area contributed by atoms with Gasteiger partial charge in [-0.2, -0.15) is 0 Å². The highest BCUT2D eigenvalue weighted by molar-refractivity contribution is 6.31. The molecule has 1 atom stereocenters. The van der Waals surface area contributed by atoms with Gasteiger partial charge in [-0.15, -0.1) is 12.4 Å². The van der Waals surface area contributed by atoms with E-state index in [0.29, 0.717) is 17.5 Å². The second-order valence-electron chi connectivity index (χ2n) is 5.84. The maximum absolute atomic E-state index is 12.4. The SMILES string of the molecule is Cl.O=C(Cc1ccccc1Cl)N1CCC(N2CCNCC2)C1. The first-order valence-electron chi connectivity index (χ1n) is 7.70. The largest absolute Gasteiger partial charge is 0.341 e. The van der Waals surface area contributed by atoms with Crippen molar-refractivity contribution >= 4 is 29.9 Å². The molecule has 0 aromatic heterocycles. The van der Waals surface area contributed by atoms with E-state index in [1.54, 1.807) is 0 Å². The van der Waals surface area contributed by atoms with E-state index in [0.717, 1.165) is 51.3 Å². The molecule has 2 saturated heterocycles. The van der Waals surface area contributed by atoms with Crippen LogP contribution in [0.5, 0.6) is 0 Å². The Hall–Kier alpha value is -0.810. The number of rotatable bonds is 3. The third-order valence-electron chi connectivity index (χ3n) is 4.48. The van der Waals surface area contributed by atoms with Gasteiger partial charge < -0.3 is 10.2 Å². The van der Waals surface area contributed by atoms with E-state index < -0.39 is 0 Å². The molecule has 0 bridgehead atoms. The molecule has 3 rings (SSSR count). The van der Waals surface area contributed by atoms with Crippen LogP contribution in [0.1, 0.15) is 12.0 Å². The van der Waals surface area contributed by atoms with Crippen LogP contribution in [0, 0.1) is 0 Å². The normalized spacial score (nSPS) is 22.4. The highest BCUT2D eigenvalue weighted by Crippen LogP contribution is 2.20. The summed E-state index contributed by atoms with van der Waals surface area (Å²) in [4.78, 5) is 16.9. The van der Waals surface area contributed by atoms with Gasteiger partial charge in [0.1, 0.15) is 0 Å². The number of amides is 1. The Morgan fingerprint density at radius 2 is 1.95 bits per heavy atom. The van der Waals surface area contributed by atoms with Crippen molar-refractivity contribution in [2.75, 3.05) is 39.3 Å². The zero-order chi connectivity index (χ0) is 14.7. The summed E-state index contributed by atoms with van der Waals surface area (Å²) in [5.74, 6) is 0.195. The lowest BCUT2D eigenvalue weighted by Gasteiger charge is -2.32. The molecule has 1 N–H and O–H groups in total. The zero-order valence-corrected chi connectivity index (χ0v) is 14.2. The fourth-order valence-electron chi connectivity index (χ4n) is 3.23. The third kappa shape index (κ3) is 4.13. The van der Waals surface area contributed by atoms with Gasteiger partial charge in [-0.1, -0.05) is 29.8 Å². The number of hydrogen-bond donors (Lipinski definition) is 1. The minimum Gasteiger partial charge on any atom is -0.341 e. The van der Waals surface area contributed by atoms with Crippen molar-refractivity contribution in [3.63, 3.8) is 0 Å². The van der Waals surface area contributed by atoms with Crippen molar-refractivity contribution in [1.82, 2.24) is 15.1 Å². The number of nitrogens with one attached hydrogen (secondary N) is 1. The topological polar surface area (TPSA) is 35.6 Å². The van der Waals surface area contributed by atoms with Crippen molar-refractivity contribution in [2.45, 2.75) is 18.9 Å². The molecular weight excluding hydrogens is 321 g/mol. The summed E-state index contributed by atoms with van der Waals surface area (Å²) in [5.41, 5.74) is 0.926. The van der Waals surface area contributed by atoms with Gasteiger partial charge in [0.05, 0.1) is 6.42 Å². The van der Waals surface area contributed by atoms with Crippen LogP contribution in [0.2, 0.25) is 5.02 Å². The first-order valence-corrected chi connectivity index (χ1v) is 8.08. The minimum atomic E-state index is 0. The number of piperazine rings is 1. The zero-order valence-electron chi connectivity index (χ0n) is 12.6. The van der Waals surface area contributed by atoms with Crippen LogP contribution >= 0.6 is 24.0 Å². The number of hydrogen-bond acceptors (Lipinski definition) is 3. The van der Waals surface area contributed by atoms with Crippen LogP contribution < -0.4 is 5.32 Å². The Morgan fingerprint density at radius 3 is 2.68 bits per heavy atom. The number of nitrogens with zero attached hydrogens (tertiary/aromatic N) is 2. The minimum absolute atomic E-state index is 0. The maximum Gasteiger partial charge on any atom is 0.227 e. The van der Waals surface area contributed by atoms with Crippen LogP contribution in [0.25, 0.3) is 0 Å². The highest BCUT2D eigenvalue weighted by Gasteiger charge is 2.30. The van der Waals surface area contributed by atoms with Crippen molar-refractivity contribution in [3.05, 3.63) is 34.9 Å². The standard InChI is InChI=1S/C16H22ClN3O.ClH/c17-15-4-2-1-3-13(15)11-16(21)20-8-5-14(12-20)19-9-6-18-7-10-19;/h1-4,14,18H,5-12H2;1H. The van der Waals surface area contributed by atoms with E-state index in [9.17, 15) is 4.79 Å². The molecule has 2 heterocycles. The van der Waals surface area contributed by atoms with E-state index in [1.807, 2.05) is 29.2 Å². The van der Waals surface area contributed by atoms with E-state index in [4.69, 9.17) is 11.6 Å². The molecule has 2 aliphatic rings. The van der Waals surface area contributed by atoms with Gasteiger partial charge in [-0.3, -0.25) is 9.69 Å². The van der Waals surface area contributed by atoms with Crippen LogP contribution in [0.3, 0.4) is 0 Å². The van der Waals surface area contributed by atoms with Gasteiger partial charge in [0.15, 0.2) is 0 Å². The van der Waals surface area contributed by atoms with Gasteiger partial charge in [0.2, 0.25) is 5.91 Å². The van der Waals surface area contributed by atoms with Gasteiger partial charge >= 0.3 is 0 Å². The van der Waals surface area contributed by atoms with Crippen molar-refractivity contribution in [3.8, 4) is 0 Å². The summed E-state index contributed by atoms with van der Waals surface area (Å²) >= 11 is 6.14. The smallest absolute Gasteiger partial charge is 0.227 e. The molecule has 2 aliphatic heterocycles. The van der Waals surface area contributed by atoms with E-state index in [-0.39, 0.29) is 18.3 Å². The van der Waals surface area contributed by atoms with Crippen LogP contribution in [0.4, 0.5) is 0 Å². The number of likely N-dealkylation sites (tertiary alicyclic amines) is 1. The lowest BCUT2D eigenvalue weighted by atomic mass is 10.1. The summed E-state index contributed by atoms with van der Waals surface area (Å²) in [7, 11) is 0. The molecule has 2 fully saturated rings. The summed E-state index contributed by atoms with van der Waals surface area (Å²) < 4.78 is 0. The average molecular weight is 344 g/mol. The van der Waals surface area contributed by atoms with Gasteiger partial charge in [-0.05, 0) is 18.1 Å². The van der Waals surface area contributed by atoms with Crippen molar-refractivity contribution in [2.24, 2.45) is 0 Å².